The van der Waals surface area contributed by atoms with Gasteiger partial charge in [-0.25, -0.2) is 0 Å². The molecule has 3 heteroatoms. The lowest BCUT2D eigenvalue weighted by Gasteiger charge is -2.18. The zero-order chi connectivity index (χ0) is 12.0. The van der Waals surface area contributed by atoms with Gasteiger partial charge in [0.25, 0.3) is 0 Å². The van der Waals surface area contributed by atoms with Gasteiger partial charge in [-0.1, -0.05) is 20.8 Å². The van der Waals surface area contributed by atoms with E-state index in [1.807, 2.05) is 0 Å². The zero-order valence-corrected chi connectivity index (χ0v) is 11.9. The highest BCUT2D eigenvalue weighted by Gasteiger charge is 2.22. The Hall–Kier alpha value is 0.270. The van der Waals surface area contributed by atoms with E-state index in [4.69, 9.17) is 4.74 Å². The van der Waals surface area contributed by atoms with Crippen molar-refractivity contribution in [1.29, 1.82) is 0 Å². The van der Waals surface area contributed by atoms with E-state index in [-0.39, 0.29) is 0 Å². The van der Waals surface area contributed by atoms with E-state index in [0.29, 0.717) is 11.4 Å². The molecule has 0 bridgehead atoms. The van der Waals surface area contributed by atoms with Crippen molar-refractivity contribution < 1.29 is 4.74 Å². The molecular formula is C13H27NOS. The van der Waals surface area contributed by atoms with Crippen LogP contribution in [0.5, 0.6) is 0 Å². The van der Waals surface area contributed by atoms with E-state index < -0.39 is 0 Å². The molecule has 1 fully saturated rings. The normalized spacial score (nSPS) is 24.2. The molecule has 16 heavy (non-hydrogen) atoms. The number of rotatable bonds is 7. The fourth-order valence-corrected chi connectivity index (χ4v) is 2.43. The third-order valence-electron chi connectivity index (χ3n) is 2.97. The lowest BCUT2D eigenvalue weighted by molar-refractivity contribution is 0.0559. The molecule has 1 heterocycles. The first kappa shape index (κ1) is 14.3. The Balaban J connectivity index is 2.03. The maximum Gasteiger partial charge on any atom is 0.0714 e. The van der Waals surface area contributed by atoms with Crippen LogP contribution in [0.2, 0.25) is 0 Å². The Kier molecular flexibility index (Phi) is 6.78. The van der Waals surface area contributed by atoms with Crippen molar-refractivity contribution in [2.24, 2.45) is 5.92 Å². The lowest BCUT2D eigenvalue weighted by atomic mass is 10.2. The first-order valence-corrected chi connectivity index (χ1v) is 7.11. The van der Waals surface area contributed by atoms with E-state index in [2.05, 4.69) is 38.3 Å². The number of hydrogen-bond donors (Lipinski definition) is 1. The van der Waals surface area contributed by atoms with Gasteiger partial charge in [-0.2, -0.15) is 12.6 Å². The van der Waals surface area contributed by atoms with Crippen LogP contribution in [0, 0.1) is 5.92 Å². The molecule has 0 radical (unpaired) electrons. The molecule has 0 aliphatic carbocycles. The Labute approximate surface area is 106 Å². The van der Waals surface area contributed by atoms with E-state index in [0.717, 1.165) is 31.9 Å². The van der Waals surface area contributed by atoms with Gasteiger partial charge in [0.1, 0.15) is 0 Å². The summed E-state index contributed by atoms with van der Waals surface area (Å²) in [6, 6.07) is 0. The highest BCUT2D eigenvalue weighted by atomic mass is 32.1. The predicted molar refractivity (Wildman–Crippen MR) is 73.3 cm³/mol. The van der Waals surface area contributed by atoms with Crippen molar-refractivity contribution in [1.82, 2.24) is 4.90 Å². The van der Waals surface area contributed by atoms with Gasteiger partial charge in [0.05, 0.1) is 6.10 Å². The first-order chi connectivity index (χ1) is 7.58. The monoisotopic (exact) mass is 245 g/mol. The van der Waals surface area contributed by atoms with Crippen molar-refractivity contribution in [3.8, 4) is 0 Å². The molecule has 0 saturated carbocycles. The third kappa shape index (κ3) is 6.12. The third-order valence-corrected chi connectivity index (χ3v) is 3.23. The molecule has 0 unspecified atom stereocenters. The summed E-state index contributed by atoms with van der Waals surface area (Å²) >= 11 is 4.37. The van der Waals surface area contributed by atoms with Gasteiger partial charge in [-0.05, 0) is 30.4 Å². The molecule has 0 aromatic rings. The highest BCUT2D eigenvalue weighted by molar-refractivity contribution is 7.80. The van der Waals surface area contributed by atoms with E-state index >= 15 is 0 Å². The standard InChI is InChI=1S/C13H27NOS/c1-11(2)9-14-7-6-13(10-14)15-8-4-5-12(3)16/h11-13,16H,4-10H2,1-3H3/t12-,13+/m0/s1. The average molecular weight is 245 g/mol. The maximum absolute atomic E-state index is 5.89. The number of thiol groups is 1. The Morgan fingerprint density at radius 3 is 2.75 bits per heavy atom. The fourth-order valence-electron chi connectivity index (χ4n) is 2.24. The van der Waals surface area contributed by atoms with Crippen LogP contribution < -0.4 is 0 Å². The number of nitrogens with zero attached hydrogens (tertiary/aromatic N) is 1. The lowest BCUT2D eigenvalue weighted by Crippen LogP contribution is -2.27. The van der Waals surface area contributed by atoms with Crippen molar-refractivity contribution in [2.75, 3.05) is 26.2 Å². The second kappa shape index (κ2) is 7.57. The minimum atomic E-state index is 0.481. The molecule has 0 N–H and O–H groups in total. The Bertz CT molecular complexity index is 185. The largest absolute Gasteiger partial charge is 0.377 e. The quantitative estimate of drug-likeness (QED) is 0.547. The van der Waals surface area contributed by atoms with Gasteiger partial charge in [0.2, 0.25) is 0 Å². The van der Waals surface area contributed by atoms with Crippen LogP contribution in [0.25, 0.3) is 0 Å². The molecule has 1 rings (SSSR count). The van der Waals surface area contributed by atoms with Gasteiger partial charge in [0.15, 0.2) is 0 Å². The minimum absolute atomic E-state index is 0.481. The summed E-state index contributed by atoms with van der Waals surface area (Å²) in [4.78, 5) is 2.52. The van der Waals surface area contributed by atoms with Gasteiger partial charge in [-0.15, -0.1) is 0 Å². The number of ether oxygens (including phenoxy) is 1. The summed E-state index contributed by atoms with van der Waals surface area (Å²) in [5, 5.41) is 0.504. The van der Waals surface area contributed by atoms with Crippen LogP contribution in [-0.2, 0) is 4.74 Å². The maximum atomic E-state index is 5.89. The van der Waals surface area contributed by atoms with Crippen LogP contribution >= 0.6 is 12.6 Å². The van der Waals surface area contributed by atoms with Crippen LogP contribution in [0.4, 0.5) is 0 Å². The summed E-state index contributed by atoms with van der Waals surface area (Å²) in [6.45, 7) is 11.2. The minimum Gasteiger partial charge on any atom is -0.377 e. The van der Waals surface area contributed by atoms with Crippen LogP contribution in [0.15, 0.2) is 0 Å². The van der Waals surface area contributed by atoms with Crippen molar-refractivity contribution in [2.45, 2.75) is 51.4 Å². The van der Waals surface area contributed by atoms with E-state index in [1.165, 1.54) is 19.5 Å². The SMILES string of the molecule is CC(C)CN1CC[C@@H](OCCC[C@H](C)S)C1. The van der Waals surface area contributed by atoms with Gasteiger partial charge in [-0.3, -0.25) is 0 Å². The molecule has 1 aliphatic heterocycles. The van der Waals surface area contributed by atoms with E-state index in [9.17, 15) is 0 Å². The highest BCUT2D eigenvalue weighted by Crippen LogP contribution is 2.15. The van der Waals surface area contributed by atoms with Gasteiger partial charge < -0.3 is 9.64 Å². The fraction of sp³-hybridized carbons (Fsp3) is 1.00. The molecule has 0 aromatic carbocycles. The van der Waals surface area contributed by atoms with Gasteiger partial charge in [0, 0.05) is 26.2 Å². The smallest absolute Gasteiger partial charge is 0.0714 e. The molecule has 96 valence electrons. The molecular weight excluding hydrogens is 218 g/mol. The van der Waals surface area contributed by atoms with Crippen LogP contribution in [-0.4, -0.2) is 42.5 Å². The average Bonchev–Trinajstić information content (AvgIpc) is 2.59. The summed E-state index contributed by atoms with van der Waals surface area (Å²) in [6.07, 6.45) is 3.99. The Morgan fingerprint density at radius 2 is 2.12 bits per heavy atom. The van der Waals surface area contributed by atoms with Crippen LogP contribution in [0.3, 0.4) is 0 Å². The van der Waals surface area contributed by atoms with Crippen molar-refractivity contribution in [3.63, 3.8) is 0 Å². The van der Waals surface area contributed by atoms with Crippen molar-refractivity contribution >= 4 is 12.6 Å². The molecule has 0 amide bonds. The zero-order valence-electron chi connectivity index (χ0n) is 11.0. The van der Waals surface area contributed by atoms with Crippen LogP contribution in [0.1, 0.15) is 40.0 Å². The molecule has 2 atom stereocenters. The molecule has 1 aliphatic rings. The summed E-state index contributed by atoms with van der Waals surface area (Å²) in [5.41, 5.74) is 0. The summed E-state index contributed by atoms with van der Waals surface area (Å²) < 4.78 is 5.89. The van der Waals surface area contributed by atoms with E-state index in [1.54, 1.807) is 0 Å². The number of likely N-dealkylation sites (tertiary alicyclic amines) is 1. The van der Waals surface area contributed by atoms with Crippen molar-refractivity contribution in [3.05, 3.63) is 0 Å². The summed E-state index contributed by atoms with van der Waals surface area (Å²) in [5.74, 6) is 0.767. The topological polar surface area (TPSA) is 12.5 Å². The summed E-state index contributed by atoms with van der Waals surface area (Å²) in [7, 11) is 0. The molecule has 0 spiro atoms. The first-order valence-electron chi connectivity index (χ1n) is 6.60. The Morgan fingerprint density at radius 1 is 1.38 bits per heavy atom. The second-order valence-electron chi connectivity index (χ2n) is 5.43. The number of hydrogen-bond acceptors (Lipinski definition) is 3. The van der Waals surface area contributed by atoms with Gasteiger partial charge >= 0.3 is 0 Å². The molecule has 2 nitrogen and oxygen atoms in total. The molecule has 1 saturated heterocycles. The molecule has 0 aromatic heterocycles. The second-order valence-corrected chi connectivity index (χ2v) is 6.31. The predicted octanol–water partition coefficient (Wildman–Crippen LogP) is 2.83.